The Morgan fingerprint density at radius 3 is 2.47 bits per heavy atom. The molecule has 0 aromatic heterocycles. The Labute approximate surface area is 116 Å². The molecule has 2 N–H and O–H groups in total. The van der Waals surface area contributed by atoms with Crippen LogP contribution in [0.5, 0.6) is 0 Å². The quantitative estimate of drug-likeness (QED) is 0.702. The summed E-state index contributed by atoms with van der Waals surface area (Å²) in [4.78, 5) is 13.8. The summed E-state index contributed by atoms with van der Waals surface area (Å²) in [6.45, 7) is 4.38. The standard InChI is InChI=1S/C15H25N3O/c1-4-13-6-8-14(9-7-13)17-15(19)12-16-10-5-11-18(2)3/h6-9,16H,4-5,10-12H2,1-3H3,(H,17,19). The lowest BCUT2D eigenvalue weighted by Crippen LogP contribution is -2.30. The predicted octanol–water partition coefficient (Wildman–Crippen LogP) is 1.73. The molecule has 0 saturated carbocycles. The molecule has 0 aliphatic rings. The highest BCUT2D eigenvalue weighted by Gasteiger charge is 2.01. The van der Waals surface area contributed by atoms with Crippen LogP contribution in [-0.2, 0) is 11.2 Å². The van der Waals surface area contributed by atoms with Crippen LogP contribution >= 0.6 is 0 Å². The van der Waals surface area contributed by atoms with Crippen molar-refractivity contribution in [3.63, 3.8) is 0 Å². The van der Waals surface area contributed by atoms with Crippen LogP contribution in [0.3, 0.4) is 0 Å². The minimum Gasteiger partial charge on any atom is -0.325 e. The fourth-order valence-electron chi connectivity index (χ4n) is 1.75. The molecule has 1 amide bonds. The third kappa shape index (κ3) is 6.94. The monoisotopic (exact) mass is 263 g/mol. The van der Waals surface area contributed by atoms with Gasteiger partial charge in [0.05, 0.1) is 6.54 Å². The molecule has 0 spiro atoms. The summed E-state index contributed by atoms with van der Waals surface area (Å²) in [7, 11) is 4.10. The smallest absolute Gasteiger partial charge is 0.238 e. The summed E-state index contributed by atoms with van der Waals surface area (Å²) >= 11 is 0. The van der Waals surface area contributed by atoms with Crippen molar-refractivity contribution in [3.05, 3.63) is 29.8 Å². The van der Waals surface area contributed by atoms with Crippen LogP contribution in [0.1, 0.15) is 18.9 Å². The first-order valence-corrected chi connectivity index (χ1v) is 6.86. The van der Waals surface area contributed by atoms with E-state index in [0.717, 1.165) is 31.6 Å². The first kappa shape index (κ1) is 15.7. The minimum atomic E-state index is 0.00843. The van der Waals surface area contributed by atoms with Crippen LogP contribution in [0.2, 0.25) is 0 Å². The van der Waals surface area contributed by atoms with Gasteiger partial charge in [-0.3, -0.25) is 4.79 Å². The van der Waals surface area contributed by atoms with Crippen molar-refractivity contribution in [3.8, 4) is 0 Å². The average Bonchev–Trinajstić information content (AvgIpc) is 2.39. The SMILES string of the molecule is CCc1ccc(NC(=O)CNCCCN(C)C)cc1. The zero-order valence-corrected chi connectivity index (χ0v) is 12.2. The van der Waals surface area contributed by atoms with Gasteiger partial charge in [0.15, 0.2) is 0 Å². The molecule has 0 unspecified atom stereocenters. The van der Waals surface area contributed by atoms with E-state index in [4.69, 9.17) is 0 Å². The maximum Gasteiger partial charge on any atom is 0.238 e. The van der Waals surface area contributed by atoms with Crippen molar-refractivity contribution >= 4 is 11.6 Å². The van der Waals surface area contributed by atoms with E-state index in [-0.39, 0.29) is 5.91 Å². The number of rotatable bonds is 8. The van der Waals surface area contributed by atoms with Gasteiger partial charge >= 0.3 is 0 Å². The number of carbonyl (C=O) groups excluding carboxylic acids is 1. The summed E-state index contributed by atoms with van der Waals surface area (Å²) in [6, 6.07) is 7.98. The normalized spacial score (nSPS) is 10.7. The molecule has 1 aromatic rings. The molecule has 0 aliphatic heterocycles. The molecule has 0 radical (unpaired) electrons. The predicted molar refractivity (Wildman–Crippen MR) is 80.5 cm³/mol. The van der Waals surface area contributed by atoms with Crippen molar-refractivity contribution in [2.75, 3.05) is 39.0 Å². The van der Waals surface area contributed by atoms with Gasteiger partial charge in [-0.1, -0.05) is 19.1 Å². The summed E-state index contributed by atoms with van der Waals surface area (Å²) < 4.78 is 0. The van der Waals surface area contributed by atoms with E-state index in [1.165, 1.54) is 5.56 Å². The van der Waals surface area contributed by atoms with Gasteiger partial charge in [0.2, 0.25) is 5.91 Å². The highest BCUT2D eigenvalue weighted by Crippen LogP contribution is 2.09. The van der Waals surface area contributed by atoms with E-state index in [1.807, 2.05) is 38.4 Å². The van der Waals surface area contributed by atoms with Gasteiger partial charge in [0, 0.05) is 5.69 Å². The molecule has 0 heterocycles. The molecule has 4 heteroatoms. The number of nitrogens with one attached hydrogen (secondary N) is 2. The maximum absolute atomic E-state index is 11.7. The number of hydrogen-bond donors (Lipinski definition) is 2. The van der Waals surface area contributed by atoms with Gasteiger partial charge in [-0.25, -0.2) is 0 Å². The van der Waals surface area contributed by atoms with E-state index in [0.29, 0.717) is 6.54 Å². The Bertz CT molecular complexity index is 373. The number of hydrogen-bond acceptors (Lipinski definition) is 3. The minimum absolute atomic E-state index is 0.00843. The largest absolute Gasteiger partial charge is 0.325 e. The van der Waals surface area contributed by atoms with E-state index in [9.17, 15) is 4.79 Å². The molecular weight excluding hydrogens is 238 g/mol. The molecule has 0 atom stereocenters. The Morgan fingerprint density at radius 2 is 1.89 bits per heavy atom. The Kier molecular flexibility index (Phi) is 7.15. The second-order valence-electron chi connectivity index (χ2n) is 4.93. The van der Waals surface area contributed by atoms with Crippen LogP contribution in [0.15, 0.2) is 24.3 Å². The Hall–Kier alpha value is -1.39. The number of anilines is 1. The van der Waals surface area contributed by atoms with Crippen LogP contribution in [-0.4, -0.2) is 44.5 Å². The topological polar surface area (TPSA) is 44.4 Å². The Morgan fingerprint density at radius 1 is 1.21 bits per heavy atom. The van der Waals surface area contributed by atoms with Gasteiger partial charge in [0.25, 0.3) is 0 Å². The van der Waals surface area contributed by atoms with Crippen molar-refractivity contribution in [2.45, 2.75) is 19.8 Å². The van der Waals surface area contributed by atoms with Gasteiger partial charge in [-0.05, 0) is 57.7 Å². The fraction of sp³-hybridized carbons (Fsp3) is 0.533. The van der Waals surface area contributed by atoms with E-state index in [1.54, 1.807) is 0 Å². The molecule has 0 fully saturated rings. The van der Waals surface area contributed by atoms with Crippen molar-refractivity contribution in [1.29, 1.82) is 0 Å². The van der Waals surface area contributed by atoms with Crippen molar-refractivity contribution < 1.29 is 4.79 Å². The first-order chi connectivity index (χ1) is 9.11. The summed E-state index contributed by atoms with van der Waals surface area (Å²) in [5.41, 5.74) is 2.14. The van der Waals surface area contributed by atoms with Crippen molar-refractivity contribution in [2.24, 2.45) is 0 Å². The summed E-state index contributed by atoms with van der Waals surface area (Å²) in [5, 5.41) is 6.03. The van der Waals surface area contributed by atoms with E-state index in [2.05, 4.69) is 22.5 Å². The lowest BCUT2D eigenvalue weighted by atomic mass is 10.1. The lowest BCUT2D eigenvalue weighted by Gasteiger charge is -2.10. The highest BCUT2D eigenvalue weighted by atomic mass is 16.1. The first-order valence-electron chi connectivity index (χ1n) is 6.86. The summed E-state index contributed by atoms with van der Waals surface area (Å²) in [6.07, 6.45) is 2.06. The van der Waals surface area contributed by atoms with Gasteiger partial charge in [0.1, 0.15) is 0 Å². The zero-order valence-electron chi connectivity index (χ0n) is 12.2. The van der Waals surface area contributed by atoms with Crippen LogP contribution in [0, 0.1) is 0 Å². The molecule has 4 nitrogen and oxygen atoms in total. The molecule has 1 rings (SSSR count). The van der Waals surface area contributed by atoms with Crippen molar-refractivity contribution in [1.82, 2.24) is 10.2 Å². The molecular formula is C15H25N3O. The van der Waals surface area contributed by atoms with E-state index >= 15 is 0 Å². The lowest BCUT2D eigenvalue weighted by molar-refractivity contribution is -0.115. The van der Waals surface area contributed by atoms with Crippen LogP contribution < -0.4 is 10.6 Å². The molecule has 19 heavy (non-hydrogen) atoms. The maximum atomic E-state index is 11.7. The zero-order chi connectivity index (χ0) is 14.1. The molecule has 0 aliphatic carbocycles. The van der Waals surface area contributed by atoms with Gasteiger partial charge in [-0.15, -0.1) is 0 Å². The van der Waals surface area contributed by atoms with Crippen LogP contribution in [0.4, 0.5) is 5.69 Å². The molecule has 0 saturated heterocycles. The third-order valence-corrected chi connectivity index (χ3v) is 2.89. The third-order valence-electron chi connectivity index (χ3n) is 2.89. The Balaban J connectivity index is 2.19. The number of aryl methyl sites for hydroxylation is 1. The number of nitrogens with zero attached hydrogens (tertiary/aromatic N) is 1. The fourth-order valence-corrected chi connectivity index (χ4v) is 1.75. The highest BCUT2D eigenvalue weighted by molar-refractivity contribution is 5.92. The van der Waals surface area contributed by atoms with Gasteiger partial charge < -0.3 is 15.5 Å². The van der Waals surface area contributed by atoms with Crippen LogP contribution in [0.25, 0.3) is 0 Å². The average molecular weight is 263 g/mol. The second kappa shape index (κ2) is 8.67. The second-order valence-corrected chi connectivity index (χ2v) is 4.93. The molecule has 1 aromatic carbocycles. The van der Waals surface area contributed by atoms with E-state index < -0.39 is 0 Å². The summed E-state index contributed by atoms with van der Waals surface area (Å²) in [5.74, 6) is 0.00843. The molecule has 0 bridgehead atoms. The number of carbonyl (C=O) groups is 1. The van der Waals surface area contributed by atoms with Gasteiger partial charge in [-0.2, -0.15) is 0 Å². The number of benzene rings is 1. The molecule has 106 valence electrons. The number of amides is 1.